The molecule has 2 aromatic heterocycles. The molecule has 2 N–H and O–H groups in total. The Morgan fingerprint density at radius 3 is 3.08 bits per heavy atom. The molecular formula is C7H7ClN4O. The fourth-order valence-electron chi connectivity index (χ4n) is 1.14. The van der Waals surface area contributed by atoms with Crippen LogP contribution in [0.4, 0.5) is 5.82 Å². The second-order valence-electron chi connectivity index (χ2n) is 2.45. The lowest BCUT2D eigenvalue weighted by atomic mass is 10.4. The van der Waals surface area contributed by atoms with Gasteiger partial charge in [0.1, 0.15) is 11.8 Å². The molecule has 68 valence electrons. The van der Waals surface area contributed by atoms with Crippen LogP contribution in [-0.4, -0.2) is 21.7 Å². The van der Waals surface area contributed by atoms with Gasteiger partial charge in [0.2, 0.25) is 0 Å². The molecule has 13 heavy (non-hydrogen) atoms. The fraction of sp³-hybridized carbons (Fsp3) is 0.143. The van der Waals surface area contributed by atoms with E-state index in [1.807, 2.05) is 0 Å². The van der Waals surface area contributed by atoms with Crippen LogP contribution in [0.2, 0.25) is 5.02 Å². The highest BCUT2D eigenvalue weighted by molar-refractivity contribution is 6.34. The Morgan fingerprint density at radius 2 is 2.38 bits per heavy atom. The summed E-state index contributed by atoms with van der Waals surface area (Å²) in [5.41, 5.74) is 6.23. The van der Waals surface area contributed by atoms with E-state index >= 15 is 0 Å². The van der Waals surface area contributed by atoms with E-state index in [-0.39, 0.29) is 0 Å². The third-order valence-electron chi connectivity index (χ3n) is 1.71. The van der Waals surface area contributed by atoms with E-state index in [4.69, 9.17) is 22.1 Å². The first-order chi connectivity index (χ1) is 6.24. The number of nitrogens with two attached hydrogens (primary N) is 1. The Morgan fingerprint density at radius 1 is 1.62 bits per heavy atom. The van der Waals surface area contributed by atoms with Gasteiger partial charge in [-0.1, -0.05) is 11.6 Å². The summed E-state index contributed by atoms with van der Waals surface area (Å²) in [6, 6.07) is 0. The third kappa shape index (κ3) is 1.08. The molecule has 0 aromatic carbocycles. The van der Waals surface area contributed by atoms with E-state index in [9.17, 15) is 0 Å². The SMILES string of the molecule is COc1c(N)ncn2ncc(Cl)c12. The highest BCUT2D eigenvalue weighted by Gasteiger charge is 2.11. The molecular weight excluding hydrogens is 192 g/mol. The van der Waals surface area contributed by atoms with Gasteiger partial charge in [-0.05, 0) is 0 Å². The molecule has 0 radical (unpaired) electrons. The second-order valence-corrected chi connectivity index (χ2v) is 2.86. The number of aromatic nitrogens is 3. The Balaban J connectivity index is 2.88. The maximum atomic E-state index is 5.88. The summed E-state index contributed by atoms with van der Waals surface area (Å²) in [6.07, 6.45) is 3.00. The highest BCUT2D eigenvalue weighted by atomic mass is 35.5. The molecule has 0 bridgehead atoms. The van der Waals surface area contributed by atoms with Crippen molar-refractivity contribution in [2.24, 2.45) is 0 Å². The van der Waals surface area contributed by atoms with Crippen LogP contribution in [0.1, 0.15) is 0 Å². The summed E-state index contributed by atoms with van der Waals surface area (Å²) in [7, 11) is 1.51. The van der Waals surface area contributed by atoms with E-state index < -0.39 is 0 Å². The molecule has 2 aromatic rings. The summed E-state index contributed by atoms with van der Waals surface area (Å²) < 4.78 is 6.58. The predicted octanol–water partition coefficient (Wildman–Crippen LogP) is 0.974. The van der Waals surface area contributed by atoms with E-state index in [0.29, 0.717) is 22.1 Å². The number of nitrogens with zero attached hydrogens (tertiary/aromatic N) is 3. The largest absolute Gasteiger partial charge is 0.491 e. The Hall–Kier alpha value is -1.49. The average Bonchev–Trinajstić information content (AvgIpc) is 2.49. The summed E-state index contributed by atoms with van der Waals surface area (Å²) in [5.74, 6) is 0.752. The van der Waals surface area contributed by atoms with Gasteiger partial charge in [-0.2, -0.15) is 5.10 Å². The van der Waals surface area contributed by atoms with Gasteiger partial charge >= 0.3 is 0 Å². The second kappa shape index (κ2) is 2.77. The molecule has 0 fully saturated rings. The van der Waals surface area contributed by atoms with Crippen molar-refractivity contribution in [1.29, 1.82) is 0 Å². The monoisotopic (exact) mass is 198 g/mol. The van der Waals surface area contributed by atoms with E-state index in [0.717, 1.165) is 0 Å². The third-order valence-corrected chi connectivity index (χ3v) is 1.99. The highest BCUT2D eigenvalue weighted by Crippen LogP contribution is 2.29. The molecule has 5 nitrogen and oxygen atoms in total. The molecule has 0 atom stereocenters. The number of ether oxygens (including phenoxy) is 1. The van der Waals surface area contributed by atoms with Crippen molar-refractivity contribution in [1.82, 2.24) is 14.6 Å². The number of hydrogen-bond acceptors (Lipinski definition) is 4. The average molecular weight is 199 g/mol. The van der Waals surface area contributed by atoms with Crippen LogP contribution in [0.5, 0.6) is 5.75 Å². The van der Waals surface area contributed by atoms with E-state index in [1.54, 1.807) is 0 Å². The molecule has 0 amide bonds. The van der Waals surface area contributed by atoms with Gasteiger partial charge in [-0.15, -0.1) is 0 Å². The van der Waals surface area contributed by atoms with Gasteiger partial charge in [0.15, 0.2) is 11.6 Å². The molecule has 0 saturated carbocycles. The lowest BCUT2D eigenvalue weighted by molar-refractivity contribution is 0.418. The molecule has 0 spiro atoms. The Kier molecular flexibility index (Phi) is 1.73. The summed E-state index contributed by atoms with van der Waals surface area (Å²) >= 11 is 5.88. The molecule has 0 aliphatic heterocycles. The van der Waals surface area contributed by atoms with Crippen molar-refractivity contribution < 1.29 is 4.74 Å². The summed E-state index contributed by atoms with van der Waals surface area (Å²) in [5, 5.41) is 4.45. The van der Waals surface area contributed by atoms with Crippen molar-refractivity contribution >= 4 is 22.9 Å². The zero-order chi connectivity index (χ0) is 9.42. The van der Waals surface area contributed by atoms with Crippen molar-refractivity contribution in [2.75, 3.05) is 12.8 Å². The molecule has 2 rings (SSSR count). The number of rotatable bonds is 1. The van der Waals surface area contributed by atoms with E-state index in [2.05, 4.69) is 10.1 Å². The molecule has 0 aliphatic carbocycles. The van der Waals surface area contributed by atoms with Gasteiger partial charge in [-0.3, -0.25) is 0 Å². The first-order valence-electron chi connectivity index (χ1n) is 3.55. The van der Waals surface area contributed by atoms with Gasteiger partial charge in [0.05, 0.1) is 18.3 Å². The van der Waals surface area contributed by atoms with Crippen LogP contribution in [0.25, 0.3) is 5.52 Å². The van der Waals surface area contributed by atoms with Crippen molar-refractivity contribution in [3.05, 3.63) is 17.5 Å². The van der Waals surface area contributed by atoms with Crippen LogP contribution < -0.4 is 10.5 Å². The first kappa shape index (κ1) is 8.12. The predicted molar refractivity (Wildman–Crippen MR) is 49.0 cm³/mol. The van der Waals surface area contributed by atoms with Gasteiger partial charge in [-0.25, -0.2) is 9.50 Å². The van der Waals surface area contributed by atoms with Crippen molar-refractivity contribution in [2.45, 2.75) is 0 Å². The molecule has 6 heteroatoms. The lowest BCUT2D eigenvalue weighted by Gasteiger charge is -2.04. The number of nitrogen functional groups attached to an aromatic ring is 1. The molecule has 0 aliphatic rings. The Labute approximate surface area is 79.1 Å². The van der Waals surface area contributed by atoms with Crippen LogP contribution in [0, 0.1) is 0 Å². The van der Waals surface area contributed by atoms with Crippen LogP contribution in [0.3, 0.4) is 0 Å². The number of anilines is 1. The zero-order valence-corrected chi connectivity index (χ0v) is 7.62. The fourth-order valence-corrected chi connectivity index (χ4v) is 1.36. The smallest absolute Gasteiger partial charge is 0.188 e. The molecule has 2 heterocycles. The number of hydrogen-bond donors (Lipinski definition) is 1. The van der Waals surface area contributed by atoms with Crippen molar-refractivity contribution in [3.63, 3.8) is 0 Å². The topological polar surface area (TPSA) is 65.4 Å². The van der Waals surface area contributed by atoms with Gasteiger partial charge in [0.25, 0.3) is 0 Å². The first-order valence-corrected chi connectivity index (χ1v) is 3.93. The van der Waals surface area contributed by atoms with E-state index in [1.165, 1.54) is 24.1 Å². The standard InChI is InChI=1S/C7H7ClN4O/c1-13-6-5-4(8)2-11-12(5)3-10-7(6)9/h2-3H,9H2,1H3. The number of halogens is 1. The quantitative estimate of drug-likeness (QED) is 0.742. The number of fused-ring (bicyclic) bond motifs is 1. The van der Waals surface area contributed by atoms with Gasteiger partial charge in [0, 0.05) is 0 Å². The Bertz CT molecular complexity index is 453. The zero-order valence-electron chi connectivity index (χ0n) is 6.86. The maximum absolute atomic E-state index is 5.88. The minimum absolute atomic E-state index is 0.303. The summed E-state index contributed by atoms with van der Waals surface area (Å²) in [4.78, 5) is 3.89. The maximum Gasteiger partial charge on any atom is 0.188 e. The van der Waals surface area contributed by atoms with Crippen LogP contribution in [-0.2, 0) is 0 Å². The van der Waals surface area contributed by atoms with Crippen LogP contribution >= 0.6 is 11.6 Å². The number of methoxy groups -OCH3 is 1. The minimum Gasteiger partial charge on any atom is -0.491 e. The molecule has 0 unspecified atom stereocenters. The van der Waals surface area contributed by atoms with Gasteiger partial charge < -0.3 is 10.5 Å². The summed E-state index contributed by atoms with van der Waals surface area (Å²) in [6.45, 7) is 0. The normalized spacial score (nSPS) is 10.6. The van der Waals surface area contributed by atoms with Crippen LogP contribution in [0.15, 0.2) is 12.5 Å². The molecule has 0 saturated heterocycles. The minimum atomic E-state index is 0.303. The van der Waals surface area contributed by atoms with Crippen molar-refractivity contribution in [3.8, 4) is 5.75 Å². The lowest BCUT2D eigenvalue weighted by Crippen LogP contribution is -2.00.